The Hall–Kier alpha value is -2.68. The molecule has 0 N–H and O–H groups in total. The lowest BCUT2D eigenvalue weighted by Gasteiger charge is -2.21. The van der Waals surface area contributed by atoms with E-state index in [4.69, 9.17) is 4.74 Å². The Morgan fingerprint density at radius 3 is 2.32 bits per heavy atom. The van der Waals surface area contributed by atoms with Crippen molar-refractivity contribution in [2.45, 2.75) is 58.5 Å². The molecule has 0 saturated heterocycles. The Kier molecular flexibility index (Phi) is 7.48. The first-order valence-corrected chi connectivity index (χ1v) is 11.0. The van der Waals surface area contributed by atoms with Gasteiger partial charge in [0.2, 0.25) is 0 Å². The third kappa shape index (κ3) is 6.16. The van der Waals surface area contributed by atoms with Gasteiger partial charge in [-0.1, -0.05) is 48.6 Å². The molecule has 3 rings (SSSR count). The monoisotopic (exact) mass is 422 g/mol. The van der Waals surface area contributed by atoms with Crippen molar-refractivity contribution in [1.82, 2.24) is 0 Å². The minimum Gasteiger partial charge on any atom is -0.496 e. The SMILES string of the molecule is C=CCC1CC=C(c2ccc(-c3ccc(CC=COC(C)(C)C)cc3)c(F)c2F)CC1. The van der Waals surface area contributed by atoms with Crippen LogP contribution in [0.15, 0.2) is 67.5 Å². The molecule has 0 aliphatic heterocycles. The molecule has 0 aromatic heterocycles. The second kappa shape index (κ2) is 10.1. The number of hydrogen-bond donors (Lipinski definition) is 0. The van der Waals surface area contributed by atoms with Crippen LogP contribution in [-0.2, 0) is 11.2 Å². The number of benzene rings is 2. The first-order chi connectivity index (χ1) is 14.8. The number of ether oxygens (including phenoxy) is 1. The summed E-state index contributed by atoms with van der Waals surface area (Å²) in [5.74, 6) is -0.975. The summed E-state index contributed by atoms with van der Waals surface area (Å²) >= 11 is 0. The minimum absolute atomic E-state index is 0.213. The summed E-state index contributed by atoms with van der Waals surface area (Å²) in [6.45, 7) is 9.78. The first kappa shape index (κ1) is 23.0. The van der Waals surface area contributed by atoms with Crippen LogP contribution in [0, 0.1) is 17.6 Å². The molecule has 2 aromatic rings. The minimum atomic E-state index is -0.780. The topological polar surface area (TPSA) is 9.23 Å². The molecule has 0 saturated carbocycles. The molecule has 31 heavy (non-hydrogen) atoms. The largest absolute Gasteiger partial charge is 0.496 e. The number of rotatable bonds is 7. The van der Waals surface area contributed by atoms with Gasteiger partial charge in [-0.2, -0.15) is 0 Å². The Morgan fingerprint density at radius 1 is 1.03 bits per heavy atom. The van der Waals surface area contributed by atoms with Gasteiger partial charge in [0.15, 0.2) is 11.6 Å². The van der Waals surface area contributed by atoms with E-state index < -0.39 is 11.6 Å². The highest BCUT2D eigenvalue weighted by Gasteiger charge is 2.20. The van der Waals surface area contributed by atoms with Gasteiger partial charge in [-0.25, -0.2) is 8.78 Å². The Balaban J connectivity index is 1.72. The maximum Gasteiger partial charge on any atom is 0.167 e. The van der Waals surface area contributed by atoms with Gasteiger partial charge in [0.05, 0.1) is 11.9 Å². The van der Waals surface area contributed by atoms with Gasteiger partial charge in [-0.3, -0.25) is 0 Å². The second-order valence-electron chi connectivity index (χ2n) is 9.19. The Morgan fingerprint density at radius 2 is 1.71 bits per heavy atom. The van der Waals surface area contributed by atoms with Gasteiger partial charge < -0.3 is 4.74 Å². The number of halogens is 2. The molecule has 0 heterocycles. The quantitative estimate of drug-likeness (QED) is 0.322. The molecule has 0 radical (unpaired) electrons. The van der Waals surface area contributed by atoms with E-state index in [0.29, 0.717) is 29.0 Å². The average molecular weight is 423 g/mol. The van der Waals surface area contributed by atoms with Crippen molar-refractivity contribution in [3.63, 3.8) is 0 Å². The zero-order valence-corrected chi connectivity index (χ0v) is 18.8. The van der Waals surface area contributed by atoms with Crippen molar-refractivity contribution in [2.24, 2.45) is 5.92 Å². The third-order valence-electron chi connectivity index (χ3n) is 5.58. The van der Waals surface area contributed by atoms with E-state index in [0.717, 1.165) is 36.8 Å². The van der Waals surface area contributed by atoms with Crippen LogP contribution in [0.3, 0.4) is 0 Å². The van der Waals surface area contributed by atoms with Gasteiger partial charge in [0.25, 0.3) is 0 Å². The second-order valence-corrected chi connectivity index (χ2v) is 9.19. The molecule has 1 nitrogen and oxygen atoms in total. The van der Waals surface area contributed by atoms with E-state index in [9.17, 15) is 8.78 Å². The van der Waals surface area contributed by atoms with Crippen molar-refractivity contribution in [1.29, 1.82) is 0 Å². The summed E-state index contributed by atoms with van der Waals surface area (Å²) in [6, 6.07) is 11.0. The van der Waals surface area contributed by atoms with Crippen LogP contribution in [0.1, 0.15) is 57.6 Å². The molecule has 1 aliphatic carbocycles. The summed E-state index contributed by atoms with van der Waals surface area (Å²) in [6.07, 6.45) is 12.0. The van der Waals surface area contributed by atoms with Crippen molar-refractivity contribution in [3.05, 3.63) is 90.2 Å². The van der Waals surface area contributed by atoms with Crippen LogP contribution in [-0.4, -0.2) is 5.60 Å². The van der Waals surface area contributed by atoms with Crippen LogP contribution >= 0.6 is 0 Å². The molecule has 1 atom stereocenters. The van der Waals surface area contributed by atoms with Crippen LogP contribution in [0.5, 0.6) is 0 Å². The van der Waals surface area contributed by atoms with Crippen LogP contribution < -0.4 is 0 Å². The first-order valence-electron chi connectivity index (χ1n) is 11.0. The predicted molar refractivity (Wildman–Crippen MR) is 126 cm³/mol. The summed E-state index contributed by atoms with van der Waals surface area (Å²) in [5.41, 5.74) is 3.12. The zero-order chi connectivity index (χ0) is 22.4. The summed E-state index contributed by atoms with van der Waals surface area (Å²) in [5, 5.41) is 0. The van der Waals surface area contributed by atoms with Gasteiger partial charge in [-0.05, 0) is 81.6 Å². The predicted octanol–water partition coefficient (Wildman–Crippen LogP) is 8.26. The molecule has 0 amide bonds. The zero-order valence-electron chi connectivity index (χ0n) is 18.8. The van der Waals surface area contributed by atoms with Crippen LogP contribution in [0.4, 0.5) is 8.78 Å². The fourth-order valence-corrected chi connectivity index (χ4v) is 3.86. The molecule has 0 spiro atoms. The van der Waals surface area contributed by atoms with Crippen molar-refractivity contribution >= 4 is 5.57 Å². The Labute approximate surface area is 185 Å². The van der Waals surface area contributed by atoms with E-state index >= 15 is 0 Å². The lowest BCUT2D eigenvalue weighted by molar-refractivity contribution is 0.0763. The van der Waals surface area contributed by atoms with Crippen molar-refractivity contribution in [2.75, 3.05) is 0 Å². The highest BCUT2D eigenvalue weighted by atomic mass is 19.2. The van der Waals surface area contributed by atoms with Gasteiger partial charge in [0, 0.05) is 11.1 Å². The lowest BCUT2D eigenvalue weighted by atomic mass is 9.84. The fourth-order valence-electron chi connectivity index (χ4n) is 3.86. The lowest BCUT2D eigenvalue weighted by Crippen LogP contribution is -2.15. The highest BCUT2D eigenvalue weighted by Crippen LogP contribution is 2.35. The average Bonchev–Trinajstić information content (AvgIpc) is 2.74. The maximum atomic E-state index is 14.9. The molecular weight excluding hydrogens is 390 g/mol. The molecule has 164 valence electrons. The van der Waals surface area contributed by atoms with E-state index in [2.05, 4.69) is 12.7 Å². The van der Waals surface area contributed by atoms with Crippen molar-refractivity contribution in [3.8, 4) is 11.1 Å². The summed E-state index contributed by atoms with van der Waals surface area (Å²) in [7, 11) is 0. The van der Waals surface area contributed by atoms with Crippen LogP contribution in [0.2, 0.25) is 0 Å². The maximum absolute atomic E-state index is 14.9. The van der Waals surface area contributed by atoms with Gasteiger partial charge >= 0.3 is 0 Å². The van der Waals surface area contributed by atoms with Gasteiger partial charge in [-0.15, -0.1) is 6.58 Å². The molecule has 0 bridgehead atoms. The van der Waals surface area contributed by atoms with Gasteiger partial charge in [0.1, 0.15) is 0 Å². The van der Waals surface area contributed by atoms with E-state index in [1.807, 2.05) is 57.2 Å². The molecule has 1 unspecified atom stereocenters. The molecule has 3 heteroatoms. The van der Waals surface area contributed by atoms with E-state index in [1.165, 1.54) is 0 Å². The van der Waals surface area contributed by atoms with E-state index in [1.54, 1.807) is 18.4 Å². The highest BCUT2D eigenvalue weighted by molar-refractivity contribution is 5.72. The number of allylic oxidation sites excluding steroid dienone is 4. The smallest absolute Gasteiger partial charge is 0.167 e. The molecule has 0 fully saturated rings. The fraction of sp³-hybridized carbons (Fsp3) is 0.357. The Bertz CT molecular complexity index is 962. The number of hydrogen-bond acceptors (Lipinski definition) is 1. The summed E-state index contributed by atoms with van der Waals surface area (Å²) < 4.78 is 35.4. The normalized spacial score (nSPS) is 16.9. The van der Waals surface area contributed by atoms with E-state index in [-0.39, 0.29) is 5.60 Å². The molecular formula is C28H32F2O. The van der Waals surface area contributed by atoms with Crippen LogP contribution in [0.25, 0.3) is 16.7 Å². The standard InChI is InChI=1S/C28H32F2O/c1-5-7-20-9-13-22(14-10-20)24-17-18-25(27(30)26(24)29)23-15-11-21(12-16-23)8-6-19-31-28(2,3)4/h5-6,11-13,15-20H,1,7-10,14H2,2-4H3. The summed E-state index contributed by atoms with van der Waals surface area (Å²) in [4.78, 5) is 0. The van der Waals surface area contributed by atoms with Crippen molar-refractivity contribution < 1.29 is 13.5 Å². The molecule has 2 aromatic carbocycles. The third-order valence-corrected chi connectivity index (χ3v) is 5.58. The molecule has 1 aliphatic rings.